The van der Waals surface area contributed by atoms with Crippen molar-refractivity contribution in [3.05, 3.63) is 29.8 Å². The first-order valence-electron chi connectivity index (χ1n) is 8.74. The topological polar surface area (TPSA) is 41.6 Å². The van der Waals surface area contributed by atoms with Crippen LogP contribution in [-0.2, 0) is 4.79 Å². The van der Waals surface area contributed by atoms with E-state index < -0.39 is 0 Å². The zero-order chi connectivity index (χ0) is 16.3. The van der Waals surface area contributed by atoms with Gasteiger partial charge in [-0.2, -0.15) is 0 Å². The van der Waals surface area contributed by atoms with Crippen LogP contribution in [0, 0.1) is 5.41 Å². The van der Waals surface area contributed by atoms with E-state index in [1.165, 1.54) is 12.0 Å². The van der Waals surface area contributed by atoms with E-state index in [0.717, 1.165) is 44.8 Å². The zero-order valence-electron chi connectivity index (χ0n) is 14.3. The van der Waals surface area contributed by atoms with Gasteiger partial charge in [-0.3, -0.25) is 4.79 Å². The van der Waals surface area contributed by atoms with Gasteiger partial charge in [0.2, 0.25) is 5.91 Å². The van der Waals surface area contributed by atoms with Crippen molar-refractivity contribution in [1.82, 2.24) is 10.2 Å². The standard InChI is InChI=1S/C19H28N2O2/c1-15(16-3-5-17(23-2)6-4-16)13-18(22)21-11-8-19(9-12-21)7-10-20-14-19/h3-6,15,20H,7-14H2,1-2H3. The highest BCUT2D eigenvalue weighted by molar-refractivity contribution is 5.77. The van der Waals surface area contributed by atoms with E-state index in [9.17, 15) is 4.79 Å². The Morgan fingerprint density at radius 3 is 2.52 bits per heavy atom. The summed E-state index contributed by atoms with van der Waals surface area (Å²) in [5.41, 5.74) is 1.67. The first kappa shape index (κ1) is 16.3. The maximum atomic E-state index is 12.6. The van der Waals surface area contributed by atoms with E-state index in [-0.39, 0.29) is 5.92 Å². The van der Waals surface area contributed by atoms with Crippen LogP contribution in [0.15, 0.2) is 24.3 Å². The van der Waals surface area contributed by atoms with E-state index in [1.807, 2.05) is 12.1 Å². The number of hydrogen-bond donors (Lipinski definition) is 1. The normalized spacial score (nSPS) is 21.4. The van der Waals surface area contributed by atoms with Gasteiger partial charge in [-0.25, -0.2) is 0 Å². The Balaban J connectivity index is 1.52. The van der Waals surface area contributed by atoms with Gasteiger partial charge in [0.25, 0.3) is 0 Å². The van der Waals surface area contributed by atoms with Crippen LogP contribution in [0.1, 0.15) is 44.1 Å². The van der Waals surface area contributed by atoms with Crippen LogP contribution in [0.5, 0.6) is 5.75 Å². The van der Waals surface area contributed by atoms with Gasteiger partial charge in [0, 0.05) is 26.1 Å². The Morgan fingerprint density at radius 2 is 1.96 bits per heavy atom. The first-order chi connectivity index (χ1) is 11.1. The first-order valence-corrected chi connectivity index (χ1v) is 8.74. The number of nitrogens with zero attached hydrogens (tertiary/aromatic N) is 1. The lowest BCUT2D eigenvalue weighted by molar-refractivity contribution is -0.133. The molecule has 126 valence electrons. The summed E-state index contributed by atoms with van der Waals surface area (Å²) >= 11 is 0. The summed E-state index contributed by atoms with van der Waals surface area (Å²) in [6.45, 7) is 6.26. The molecule has 3 rings (SSSR count). The van der Waals surface area contributed by atoms with Crippen LogP contribution >= 0.6 is 0 Å². The minimum atomic E-state index is 0.248. The molecule has 2 saturated heterocycles. The Kier molecular flexibility index (Phi) is 4.90. The monoisotopic (exact) mass is 316 g/mol. The number of amides is 1. The van der Waals surface area contributed by atoms with Gasteiger partial charge in [-0.1, -0.05) is 19.1 Å². The lowest BCUT2D eigenvalue weighted by atomic mass is 9.77. The molecule has 2 aliphatic rings. The largest absolute Gasteiger partial charge is 0.497 e. The highest BCUT2D eigenvalue weighted by Gasteiger charge is 2.38. The molecule has 1 amide bonds. The predicted octanol–water partition coefficient (Wildman–Crippen LogP) is 2.79. The van der Waals surface area contributed by atoms with Crippen LogP contribution in [0.25, 0.3) is 0 Å². The maximum absolute atomic E-state index is 12.6. The van der Waals surface area contributed by atoms with Crippen molar-refractivity contribution in [2.45, 2.75) is 38.5 Å². The van der Waals surface area contributed by atoms with Crippen molar-refractivity contribution in [2.75, 3.05) is 33.3 Å². The summed E-state index contributed by atoms with van der Waals surface area (Å²) in [6.07, 6.45) is 4.18. The van der Waals surface area contributed by atoms with E-state index in [1.54, 1.807) is 7.11 Å². The van der Waals surface area contributed by atoms with E-state index in [2.05, 4.69) is 29.3 Å². The maximum Gasteiger partial charge on any atom is 0.223 e. The fourth-order valence-corrected chi connectivity index (χ4v) is 3.89. The Hall–Kier alpha value is -1.55. The summed E-state index contributed by atoms with van der Waals surface area (Å²) in [4.78, 5) is 14.7. The highest BCUT2D eigenvalue weighted by atomic mass is 16.5. The van der Waals surface area contributed by atoms with Gasteiger partial charge in [0.1, 0.15) is 5.75 Å². The molecule has 1 spiro atoms. The lowest BCUT2D eigenvalue weighted by Gasteiger charge is -2.39. The SMILES string of the molecule is COc1ccc(C(C)CC(=O)N2CCC3(CCNC3)CC2)cc1. The molecule has 1 aromatic carbocycles. The molecule has 0 radical (unpaired) electrons. The van der Waals surface area contributed by atoms with Crippen molar-refractivity contribution in [3.63, 3.8) is 0 Å². The summed E-state index contributed by atoms with van der Waals surface area (Å²) in [5.74, 6) is 1.41. The molecule has 1 aromatic rings. The minimum Gasteiger partial charge on any atom is -0.497 e. The third kappa shape index (κ3) is 3.69. The van der Waals surface area contributed by atoms with E-state index in [4.69, 9.17) is 4.74 Å². The molecule has 0 bridgehead atoms. The Morgan fingerprint density at radius 1 is 1.26 bits per heavy atom. The fraction of sp³-hybridized carbons (Fsp3) is 0.632. The molecule has 2 heterocycles. The van der Waals surface area contributed by atoms with E-state index >= 15 is 0 Å². The summed E-state index contributed by atoms with van der Waals surface area (Å²) in [7, 11) is 1.67. The van der Waals surface area contributed by atoms with Crippen LogP contribution in [0.4, 0.5) is 0 Å². The molecular formula is C19H28N2O2. The number of ether oxygens (including phenoxy) is 1. The molecule has 1 unspecified atom stereocenters. The Bertz CT molecular complexity index is 525. The Labute approximate surface area is 139 Å². The number of hydrogen-bond acceptors (Lipinski definition) is 3. The second-order valence-corrected chi connectivity index (χ2v) is 7.19. The third-order valence-corrected chi connectivity index (χ3v) is 5.67. The van der Waals surface area contributed by atoms with Crippen molar-refractivity contribution < 1.29 is 9.53 Å². The van der Waals surface area contributed by atoms with Gasteiger partial charge in [-0.15, -0.1) is 0 Å². The van der Waals surface area contributed by atoms with Crippen LogP contribution in [0.2, 0.25) is 0 Å². The van der Waals surface area contributed by atoms with Crippen LogP contribution < -0.4 is 10.1 Å². The highest BCUT2D eigenvalue weighted by Crippen LogP contribution is 2.37. The van der Waals surface area contributed by atoms with E-state index in [0.29, 0.717) is 17.7 Å². The van der Waals surface area contributed by atoms with Crippen molar-refractivity contribution in [2.24, 2.45) is 5.41 Å². The molecule has 2 fully saturated rings. The molecule has 2 aliphatic heterocycles. The summed E-state index contributed by atoms with van der Waals surface area (Å²) in [5, 5.41) is 3.48. The molecular weight excluding hydrogens is 288 g/mol. The van der Waals surface area contributed by atoms with Gasteiger partial charge >= 0.3 is 0 Å². The number of nitrogens with one attached hydrogen (secondary N) is 1. The molecule has 0 saturated carbocycles. The zero-order valence-corrected chi connectivity index (χ0v) is 14.3. The van der Waals surface area contributed by atoms with Crippen molar-refractivity contribution in [3.8, 4) is 5.75 Å². The number of carbonyl (C=O) groups excluding carboxylic acids is 1. The molecule has 23 heavy (non-hydrogen) atoms. The molecule has 1 atom stereocenters. The van der Waals surface area contributed by atoms with Gasteiger partial charge < -0.3 is 15.0 Å². The summed E-state index contributed by atoms with van der Waals surface area (Å²) < 4.78 is 5.19. The number of benzene rings is 1. The molecule has 4 heteroatoms. The second kappa shape index (κ2) is 6.91. The van der Waals surface area contributed by atoms with Crippen molar-refractivity contribution in [1.29, 1.82) is 0 Å². The van der Waals surface area contributed by atoms with Gasteiger partial charge in [-0.05, 0) is 54.8 Å². The fourth-order valence-electron chi connectivity index (χ4n) is 3.89. The third-order valence-electron chi connectivity index (χ3n) is 5.67. The quantitative estimate of drug-likeness (QED) is 0.929. The minimum absolute atomic E-state index is 0.248. The second-order valence-electron chi connectivity index (χ2n) is 7.19. The van der Waals surface area contributed by atoms with Crippen molar-refractivity contribution >= 4 is 5.91 Å². The van der Waals surface area contributed by atoms with Crippen LogP contribution in [0.3, 0.4) is 0 Å². The molecule has 1 N–H and O–H groups in total. The number of carbonyl (C=O) groups is 1. The van der Waals surface area contributed by atoms with Gasteiger partial charge in [0.15, 0.2) is 0 Å². The van der Waals surface area contributed by atoms with Crippen LogP contribution in [-0.4, -0.2) is 44.1 Å². The molecule has 4 nitrogen and oxygen atoms in total. The number of rotatable bonds is 4. The van der Waals surface area contributed by atoms with Gasteiger partial charge in [0.05, 0.1) is 7.11 Å². The summed E-state index contributed by atoms with van der Waals surface area (Å²) in [6, 6.07) is 8.06. The lowest BCUT2D eigenvalue weighted by Crippen LogP contribution is -2.44. The average molecular weight is 316 g/mol. The average Bonchev–Trinajstić information content (AvgIpc) is 3.03. The number of methoxy groups -OCH3 is 1. The smallest absolute Gasteiger partial charge is 0.223 e. The molecule has 0 aromatic heterocycles. The predicted molar refractivity (Wildman–Crippen MR) is 91.8 cm³/mol. The molecule has 0 aliphatic carbocycles. The number of piperidine rings is 1. The number of likely N-dealkylation sites (tertiary alicyclic amines) is 1.